The normalized spacial score (nSPS) is 9.93. The van der Waals surface area contributed by atoms with Gasteiger partial charge in [0.15, 0.2) is 0 Å². The van der Waals surface area contributed by atoms with Crippen LogP contribution in [0.5, 0.6) is 0 Å². The summed E-state index contributed by atoms with van der Waals surface area (Å²) in [7, 11) is 0. The van der Waals surface area contributed by atoms with Gasteiger partial charge in [0.05, 0.1) is 17.2 Å². The molecule has 3 nitrogen and oxygen atoms in total. The van der Waals surface area contributed by atoms with Crippen LogP contribution in [-0.4, -0.2) is 12.5 Å². The van der Waals surface area contributed by atoms with E-state index in [2.05, 4.69) is 10.3 Å². The highest BCUT2D eigenvalue weighted by molar-refractivity contribution is 6.33. The Hall–Kier alpha value is -1.13. The number of hydrogen-bond donors (Lipinski definition) is 1. The van der Waals surface area contributed by atoms with Crippen LogP contribution in [0.4, 0.5) is 4.39 Å². The topological polar surface area (TPSA) is 38.3 Å². The van der Waals surface area contributed by atoms with Gasteiger partial charge in [-0.1, -0.05) is 17.7 Å². The maximum atomic E-state index is 13.1. The third kappa shape index (κ3) is 2.43. The predicted octanol–water partition coefficient (Wildman–Crippen LogP) is 2.16. The Balaban J connectivity index is 2.89. The molecule has 0 saturated carbocycles. The zero-order chi connectivity index (χ0) is 10.6. The molecular formula is C9H9ClFNO2. The first-order valence-electron chi connectivity index (χ1n) is 4.03. The van der Waals surface area contributed by atoms with Gasteiger partial charge in [0.1, 0.15) is 5.82 Å². The van der Waals surface area contributed by atoms with Crippen LogP contribution in [-0.2, 0) is 4.84 Å². The Bertz CT molecular complexity index is 323. The number of hydroxylamine groups is 1. The molecule has 76 valence electrons. The monoisotopic (exact) mass is 217 g/mol. The summed E-state index contributed by atoms with van der Waals surface area (Å²) in [5.74, 6) is -1.36. The van der Waals surface area contributed by atoms with Gasteiger partial charge in [-0.2, -0.15) is 0 Å². The van der Waals surface area contributed by atoms with Crippen molar-refractivity contribution in [2.75, 3.05) is 6.61 Å². The molecule has 0 bridgehead atoms. The van der Waals surface area contributed by atoms with E-state index in [4.69, 9.17) is 11.6 Å². The molecular weight excluding hydrogens is 209 g/mol. The van der Waals surface area contributed by atoms with Crippen molar-refractivity contribution < 1.29 is 14.0 Å². The molecule has 0 aromatic heterocycles. The van der Waals surface area contributed by atoms with Crippen LogP contribution in [0.2, 0.25) is 5.02 Å². The van der Waals surface area contributed by atoms with Crippen molar-refractivity contribution >= 4 is 17.5 Å². The van der Waals surface area contributed by atoms with Gasteiger partial charge in [0.2, 0.25) is 0 Å². The number of rotatable bonds is 3. The number of halogens is 2. The Labute approximate surface area is 85.8 Å². The molecule has 0 radical (unpaired) electrons. The number of carbonyl (C=O) groups excluding carboxylic acids is 1. The summed E-state index contributed by atoms with van der Waals surface area (Å²) >= 11 is 5.65. The molecule has 0 heterocycles. The molecule has 0 aliphatic heterocycles. The van der Waals surface area contributed by atoms with Gasteiger partial charge in [-0.15, -0.1) is 0 Å². The first-order valence-corrected chi connectivity index (χ1v) is 4.40. The molecule has 0 saturated heterocycles. The molecule has 1 aromatic rings. The highest BCUT2D eigenvalue weighted by Gasteiger charge is 2.15. The summed E-state index contributed by atoms with van der Waals surface area (Å²) in [4.78, 5) is 15.9. The van der Waals surface area contributed by atoms with Gasteiger partial charge in [-0.25, -0.2) is 9.87 Å². The van der Waals surface area contributed by atoms with Crippen molar-refractivity contribution in [2.24, 2.45) is 0 Å². The van der Waals surface area contributed by atoms with Crippen molar-refractivity contribution in [3.8, 4) is 0 Å². The van der Waals surface area contributed by atoms with Gasteiger partial charge < -0.3 is 0 Å². The van der Waals surface area contributed by atoms with E-state index in [1.165, 1.54) is 12.1 Å². The highest BCUT2D eigenvalue weighted by Crippen LogP contribution is 2.18. The zero-order valence-corrected chi connectivity index (χ0v) is 8.27. The first-order chi connectivity index (χ1) is 6.66. The van der Waals surface area contributed by atoms with Gasteiger partial charge >= 0.3 is 0 Å². The summed E-state index contributed by atoms with van der Waals surface area (Å²) < 4.78 is 13.1. The zero-order valence-electron chi connectivity index (χ0n) is 7.51. The molecule has 0 atom stereocenters. The van der Waals surface area contributed by atoms with Crippen LogP contribution in [0.15, 0.2) is 18.2 Å². The number of hydrogen-bond acceptors (Lipinski definition) is 2. The van der Waals surface area contributed by atoms with Crippen LogP contribution in [0.1, 0.15) is 17.3 Å². The third-order valence-corrected chi connectivity index (χ3v) is 1.81. The number of amides is 1. The molecule has 0 fully saturated rings. The predicted molar refractivity (Wildman–Crippen MR) is 50.5 cm³/mol. The maximum Gasteiger partial charge on any atom is 0.279 e. The second-order valence-electron chi connectivity index (χ2n) is 2.46. The highest BCUT2D eigenvalue weighted by atomic mass is 35.5. The molecule has 0 aliphatic rings. The van der Waals surface area contributed by atoms with Crippen LogP contribution >= 0.6 is 11.6 Å². The van der Waals surface area contributed by atoms with Crippen LogP contribution < -0.4 is 5.48 Å². The van der Waals surface area contributed by atoms with E-state index in [9.17, 15) is 9.18 Å². The standard InChI is InChI=1S/C9H9ClFNO2/c1-2-14-12-9(13)8-6(10)4-3-5-7(8)11/h3-5H,2H2,1H3,(H,12,13). The second-order valence-corrected chi connectivity index (χ2v) is 2.87. The largest absolute Gasteiger partial charge is 0.279 e. The van der Waals surface area contributed by atoms with Crippen molar-refractivity contribution in [2.45, 2.75) is 6.92 Å². The average Bonchev–Trinajstić information content (AvgIpc) is 2.14. The van der Waals surface area contributed by atoms with Crippen LogP contribution in [0.25, 0.3) is 0 Å². The smallest absolute Gasteiger partial charge is 0.274 e. The number of nitrogens with one attached hydrogen (secondary N) is 1. The van der Waals surface area contributed by atoms with E-state index in [0.29, 0.717) is 6.61 Å². The fraction of sp³-hybridized carbons (Fsp3) is 0.222. The lowest BCUT2D eigenvalue weighted by Gasteiger charge is -2.05. The van der Waals surface area contributed by atoms with Crippen LogP contribution in [0.3, 0.4) is 0 Å². The van der Waals surface area contributed by atoms with Crippen molar-refractivity contribution in [3.63, 3.8) is 0 Å². The Morgan fingerprint density at radius 1 is 1.64 bits per heavy atom. The molecule has 0 spiro atoms. The van der Waals surface area contributed by atoms with Gasteiger partial charge in [0, 0.05) is 0 Å². The fourth-order valence-electron chi connectivity index (χ4n) is 0.903. The van der Waals surface area contributed by atoms with E-state index >= 15 is 0 Å². The fourth-order valence-corrected chi connectivity index (χ4v) is 1.15. The summed E-state index contributed by atoms with van der Waals surface area (Å²) in [5.41, 5.74) is 1.86. The maximum absolute atomic E-state index is 13.1. The third-order valence-electron chi connectivity index (χ3n) is 1.50. The van der Waals surface area contributed by atoms with Crippen LogP contribution in [0, 0.1) is 5.82 Å². The minimum absolute atomic E-state index is 0.0576. The summed E-state index contributed by atoms with van der Waals surface area (Å²) in [6.45, 7) is 2.00. The molecule has 1 rings (SSSR count). The Kier molecular flexibility index (Phi) is 3.85. The molecule has 1 aromatic carbocycles. The lowest BCUT2D eigenvalue weighted by atomic mass is 10.2. The first kappa shape index (κ1) is 10.9. The summed E-state index contributed by atoms with van der Waals surface area (Å²) in [6, 6.07) is 4.02. The lowest BCUT2D eigenvalue weighted by Crippen LogP contribution is -2.24. The molecule has 5 heteroatoms. The van der Waals surface area contributed by atoms with E-state index < -0.39 is 11.7 Å². The second kappa shape index (κ2) is 4.93. The average molecular weight is 218 g/mol. The van der Waals surface area contributed by atoms with Crippen molar-refractivity contribution in [1.82, 2.24) is 5.48 Å². The lowest BCUT2D eigenvalue weighted by molar-refractivity contribution is 0.0361. The molecule has 0 aliphatic carbocycles. The quantitative estimate of drug-likeness (QED) is 0.788. The van der Waals surface area contributed by atoms with Crippen molar-refractivity contribution in [3.05, 3.63) is 34.6 Å². The molecule has 1 N–H and O–H groups in total. The minimum Gasteiger partial charge on any atom is -0.274 e. The summed E-state index contributed by atoms with van der Waals surface area (Å²) in [6.07, 6.45) is 0. The molecule has 14 heavy (non-hydrogen) atoms. The Morgan fingerprint density at radius 3 is 2.93 bits per heavy atom. The SMILES string of the molecule is CCONC(=O)c1c(F)cccc1Cl. The van der Waals surface area contributed by atoms with E-state index in [1.54, 1.807) is 6.92 Å². The van der Waals surface area contributed by atoms with E-state index in [-0.39, 0.29) is 10.6 Å². The van der Waals surface area contributed by atoms with Crippen molar-refractivity contribution in [1.29, 1.82) is 0 Å². The molecule has 1 amide bonds. The molecule has 0 unspecified atom stereocenters. The Morgan fingerprint density at radius 2 is 2.36 bits per heavy atom. The van der Waals surface area contributed by atoms with Gasteiger partial charge in [-0.3, -0.25) is 9.63 Å². The summed E-state index contributed by atoms with van der Waals surface area (Å²) in [5, 5.41) is 0.0576. The van der Waals surface area contributed by atoms with E-state index in [0.717, 1.165) is 6.07 Å². The number of benzene rings is 1. The number of carbonyl (C=O) groups is 1. The van der Waals surface area contributed by atoms with E-state index in [1.807, 2.05) is 0 Å². The minimum atomic E-state index is -0.685. The van der Waals surface area contributed by atoms with Gasteiger partial charge in [-0.05, 0) is 19.1 Å². The van der Waals surface area contributed by atoms with Gasteiger partial charge in [0.25, 0.3) is 5.91 Å².